The summed E-state index contributed by atoms with van der Waals surface area (Å²) in [6.45, 7) is 3.29. The Labute approximate surface area is 112 Å². The van der Waals surface area contributed by atoms with Gasteiger partial charge in [-0.25, -0.2) is 4.79 Å². The van der Waals surface area contributed by atoms with Gasteiger partial charge in [0.25, 0.3) is 0 Å². The molecule has 4 heteroatoms. The number of aryl methyl sites for hydroxylation is 1. The van der Waals surface area contributed by atoms with Gasteiger partial charge in [-0.1, -0.05) is 6.07 Å². The summed E-state index contributed by atoms with van der Waals surface area (Å²) in [4.78, 5) is 13.5. The van der Waals surface area contributed by atoms with Crippen LogP contribution in [0.5, 0.6) is 0 Å². The second-order valence-corrected chi connectivity index (χ2v) is 5.26. The van der Waals surface area contributed by atoms with Crippen molar-refractivity contribution >= 4 is 16.9 Å². The van der Waals surface area contributed by atoms with Gasteiger partial charge >= 0.3 is 5.97 Å². The molecule has 0 saturated carbocycles. The van der Waals surface area contributed by atoms with E-state index in [4.69, 9.17) is 5.11 Å². The van der Waals surface area contributed by atoms with Crippen molar-refractivity contribution in [2.45, 2.75) is 19.4 Å². The van der Waals surface area contributed by atoms with Gasteiger partial charge in [0.1, 0.15) is 0 Å². The van der Waals surface area contributed by atoms with E-state index in [9.17, 15) is 4.79 Å². The van der Waals surface area contributed by atoms with Gasteiger partial charge < -0.3 is 9.67 Å². The number of aromatic nitrogens is 1. The number of hydrogen-bond donors (Lipinski definition) is 1. The largest absolute Gasteiger partial charge is 0.478 e. The molecule has 1 fully saturated rings. The zero-order chi connectivity index (χ0) is 13.4. The molecular weight excluding hydrogens is 240 g/mol. The lowest BCUT2D eigenvalue weighted by Crippen LogP contribution is -2.19. The Kier molecular flexibility index (Phi) is 3.03. The van der Waals surface area contributed by atoms with Crippen LogP contribution in [0.2, 0.25) is 0 Å². The summed E-state index contributed by atoms with van der Waals surface area (Å²) < 4.78 is 2.11. The first-order valence-electron chi connectivity index (χ1n) is 6.69. The van der Waals surface area contributed by atoms with Crippen molar-refractivity contribution in [3.05, 3.63) is 35.5 Å². The SMILES string of the molecule is Cn1c(CN2CCCC2)cc2ccc(C(=O)O)cc21. The quantitative estimate of drug-likeness (QED) is 0.920. The lowest BCUT2D eigenvalue weighted by atomic mass is 10.1. The summed E-state index contributed by atoms with van der Waals surface area (Å²) in [5.74, 6) is -0.871. The van der Waals surface area contributed by atoms with Gasteiger partial charge in [-0.15, -0.1) is 0 Å². The standard InChI is InChI=1S/C15H18N2O2/c1-16-13(10-17-6-2-3-7-17)8-11-4-5-12(15(18)19)9-14(11)16/h4-5,8-9H,2-3,6-7,10H2,1H3,(H,18,19). The van der Waals surface area contributed by atoms with Crippen molar-refractivity contribution in [1.29, 1.82) is 0 Å². The van der Waals surface area contributed by atoms with E-state index in [2.05, 4.69) is 15.5 Å². The number of hydrogen-bond acceptors (Lipinski definition) is 2. The number of benzene rings is 1. The van der Waals surface area contributed by atoms with E-state index in [0.29, 0.717) is 5.56 Å². The molecule has 1 aliphatic rings. The van der Waals surface area contributed by atoms with Gasteiger partial charge in [-0.05, 0) is 49.5 Å². The van der Waals surface area contributed by atoms with E-state index in [1.54, 1.807) is 12.1 Å². The zero-order valence-corrected chi connectivity index (χ0v) is 11.1. The number of rotatable bonds is 3. The molecule has 4 nitrogen and oxygen atoms in total. The summed E-state index contributed by atoms with van der Waals surface area (Å²) in [6.07, 6.45) is 2.57. The predicted octanol–water partition coefficient (Wildman–Crippen LogP) is 2.47. The molecule has 0 aliphatic carbocycles. The molecule has 1 aliphatic heterocycles. The average Bonchev–Trinajstić information content (AvgIpc) is 2.99. The molecule has 0 atom stereocenters. The predicted molar refractivity (Wildman–Crippen MR) is 74.4 cm³/mol. The fourth-order valence-electron chi connectivity index (χ4n) is 2.84. The number of likely N-dealkylation sites (tertiary alicyclic amines) is 1. The summed E-state index contributed by atoms with van der Waals surface area (Å²) in [5, 5.41) is 10.2. The molecular formula is C15H18N2O2. The maximum Gasteiger partial charge on any atom is 0.335 e. The van der Waals surface area contributed by atoms with E-state index < -0.39 is 5.97 Å². The summed E-state index contributed by atoms with van der Waals surface area (Å²) in [7, 11) is 2.01. The highest BCUT2D eigenvalue weighted by Crippen LogP contribution is 2.22. The highest BCUT2D eigenvalue weighted by atomic mass is 16.4. The van der Waals surface area contributed by atoms with Crippen molar-refractivity contribution in [2.75, 3.05) is 13.1 Å². The number of carboxylic acid groups (broad SMARTS) is 1. The van der Waals surface area contributed by atoms with Crippen molar-refractivity contribution in [3.8, 4) is 0 Å². The summed E-state index contributed by atoms with van der Waals surface area (Å²) in [6, 6.07) is 7.49. The summed E-state index contributed by atoms with van der Waals surface area (Å²) >= 11 is 0. The van der Waals surface area contributed by atoms with Gasteiger partial charge in [-0.2, -0.15) is 0 Å². The van der Waals surface area contributed by atoms with Crippen molar-refractivity contribution in [3.63, 3.8) is 0 Å². The maximum absolute atomic E-state index is 11.0. The smallest absolute Gasteiger partial charge is 0.335 e. The number of fused-ring (bicyclic) bond motifs is 1. The highest BCUT2D eigenvalue weighted by Gasteiger charge is 2.15. The molecule has 0 bridgehead atoms. The molecule has 0 unspecified atom stereocenters. The van der Waals surface area contributed by atoms with Crippen LogP contribution in [0.4, 0.5) is 0 Å². The van der Waals surface area contributed by atoms with Gasteiger partial charge in [-0.3, -0.25) is 4.90 Å². The van der Waals surface area contributed by atoms with E-state index >= 15 is 0 Å². The van der Waals surface area contributed by atoms with Crippen molar-refractivity contribution in [1.82, 2.24) is 9.47 Å². The number of nitrogens with zero attached hydrogens (tertiary/aromatic N) is 2. The molecule has 19 heavy (non-hydrogen) atoms. The molecule has 3 rings (SSSR count). The van der Waals surface area contributed by atoms with Crippen LogP contribution >= 0.6 is 0 Å². The van der Waals surface area contributed by atoms with Crippen LogP contribution in [-0.4, -0.2) is 33.6 Å². The molecule has 0 radical (unpaired) electrons. The maximum atomic E-state index is 11.0. The first-order chi connectivity index (χ1) is 9.15. The molecule has 2 aromatic rings. The topological polar surface area (TPSA) is 45.5 Å². The van der Waals surface area contributed by atoms with E-state index in [1.807, 2.05) is 13.1 Å². The van der Waals surface area contributed by atoms with Gasteiger partial charge in [0.05, 0.1) is 5.56 Å². The monoisotopic (exact) mass is 258 g/mol. The first kappa shape index (κ1) is 12.2. The zero-order valence-electron chi connectivity index (χ0n) is 11.1. The Hall–Kier alpha value is -1.81. The molecule has 1 aromatic heterocycles. The van der Waals surface area contributed by atoms with Crippen LogP contribution in [0.25, 0.3) is 10.9 Å². The van der Waals surface area contributed by atoms with Crippen LogP contribution < -0.4 is 0 Å². The van der Waals surface area contributed by atoms with E-state index in [1.165, 1.54) is 31.6 Å². The van der Waals surface area contributed by atoms with Crippen LogP contribution in [0.1, 0.15) is 28.9 Å². The highest BCUT2D eigenvalue weighted by molar-refractivity contribution is 5.93. The second kappa shape index (κ2) is 4.70. The molecule has 100 valence electrons. The Balaban J connectivity index is 1.97. The van der Waals surface area contributed by atoms with Crippen LogP contribution in [-0.2, 0) is 13.6 Å². The first-order valence-corrected chi connectivity index (χ1v) is 6.69. The van der Waals surface area contributed by atoms with Crippen LogP contribution in [0.15, 0.2) is 24.3 Å². The fourth-order valence-corrected chi connectivity index (χ4v) is 2.84. The third-order valence-electron chi connectivity index (χ3n) is 3.98. The lowest BCUT2D eigenvalue weighted by Gasteiger charge is -2.15. The Morgan fingerprint density at radius 3 is 2.68 bits per heavy atom. The average molecular weight is 258 g/mol. The van der Waals surface area contributed by atoms with Crippen molar-refractivity contribution in [2.24, 2.45) is 7.05 Å². The Morgan fingerprint density at radius 1 is 1.26 bits per heavy atom. The van der Waals surface area contributed by atoms with Crippen molar-refractivity contribution < 1.29 is 9.90 Å². The minimum absolute atomic E-state index is 0.349. The Bertz CT molecular complexity index is 624. The molecule has 1 aromatic carbocycles. The lowest BCUT2D eigenvalue weighted by molar-refractivity contribution is 0.0697. The normalized spacial score (nSPS) is 16.3. The van der Waals surface area contributed by atoms with Crippen LogP contribution in [0.3, 0.4) is 0 Å². The molecule has 0 spiro atoms. The molecule has 0 amide bonds. The molecule has 1 N–H and O–H groups in total. The third-order valence-corrected chi connectivity index (χ3v) is 3.98. The minimum Gasteiger partial charge on any atom is -0.478 e. The number of carbonyl (C=O) groups is 1. The minimum atomic E-state index is -0.871. The second-order valence-electron chi connectivity index (χ2n) is 5.26. The molecule has 1 saturated heterocycles. The van der Waals surface area contributed by atoms with Crippen LogP contribution in [0, 0.1) is 0 Å². The van der Waals surface area contributed by atoms with Gasteiger partial charge in [0.2, 0.25) is 0 Å². The number of carboxylic acids is 1. The Morgan fingerprint density at radius 2 is 2.00 bits per heavy atom. The van der Waals surface area contributed by atoms with E-state index in [0.717, 1.165) is 17.4 Å². The number of aromatic carboxylic acids is 1. The van der Waals surface area contributed by atoms with Gasteiger partial charge in [0, 0.05) is 24.8 Å². The summed E-state index contributed by atoms with van der Waals surface area (Å²) in [5.41, 5.74) is 2.59. The van der Waals surface area contributed by atoms with Gasteiger partial charge in [0.15, 0.2) is 0 Å². The third kappa shape index (κ3) is 2.24. The fraction of sp³-hybridized carbons (Fsp3) is 0.400. The van der Waals surface area contributed by atoms with E-state index in [-0.39, 0.29) is 0 Å². The molecule has 2 heterocycles.